The number of phenols is 1. The summed E-state index contributed by atoms with van der Waals surface area (Å²) in [5, 5.41) is 20.5. The maximum atomic E-state index is 12.2. The highest BCUT2D eigenvalue weighted by atomic mass is 33.1. The number of aromatic hydroxyl groups is 1. The third kappa shape index (κ3) is 11.8. The Kier molecular flexibility index (Phi) is 14.2. The molecule has 1 aromatic heterocycles. The molecule has 11 nitrogen and oxygen atoms in total. The lowest BCUT2D eigenvalue weighted by Gasteiger charge is -2.17. The lowest BCUT2D eigenvalue weighted by molar-refractivity contribution is -0.388. The fourth-order valence-corrected chi connectivity index (χ4v) is 4.55. The summed E-state index contributed by atoms with van der Waals surface area (Å²) in [7, 11) is 2.36. The second-order valence-electron chi connectivity index (χ2n) is 7.01. The summed E-state index contributed by atoms with van der Waals surface area (Å²) in [5.41, 5.74) is 11.4. The average Bonchev–Trinajstić information content (AvgIpc) is 2.85. The smallest absolute Gasteiger partial charge is 0.426 e. The van der Waals surface area contributed by atoms with Gasteiger partial charge in [-0.3, -0.25) is 20.3 Å². The number of rotatable bonds is 11. The first-order chi connectivity index (χ1) is 16.8. The van der Waals surface area contributed by atoms with Gasteiger partial charge in [-0.25, -0.2) is 15.2 Å². The largest absolute Gasteiger partial charge is 0.508 e. The van der Waals surface area contributed by atoms with Gasteiger partial charge in [-0.05, 0) is 47.4 Å². The number of amides is 2. The third-order valence-corrected chi connectivity index (χ3v) is 6.56. The molecular weight excluding hydrogens is 494 g/mol. The van der Waals surface area contributed by atoms with Gasteiger partial charge in [0.1, 0.15) is 12.4 Å². The molecule has 2 aromatic rings. The Bertz CT molecular complexity index is 948. The van der Waals surface area contributed by atoms with Gasteiger partial charge in [0.2, 0.25) is 5.91 Å². The quantitative estimate of drug-likeness (QED) is 0.146. The molecule has 5 N–H and O–H groups in total. The number of pyridine rings is 1. The molecule has 35 heavy (non-hydrogen) atoms. The van der Waals surface area contributed by atoms with Gasteiger partial charge in [0.25, 0.3) is 0 Å². The molecular formula is C22H31N5O6S2. The van der Waals surface area contributed by atoms with E-state index < -0.39 is 22.8 Å². The van der Waals surface area contributed by atoms with Crippen LogP contribution in [0.1, 0.15) is 32.8 Å². The normalized spacial score (nSPS) is 11.9. The van der Waals surface area contributed by atoms with Gasteiger partial charge in [0.15, 0.2) is 5.03 Å². The topological polar surface area (TPSA) is 170 Å². The van der Waals surface area contributed by atoms with Crippen molar-refractivity contribution in [2.24, 2.45) is 11.7 Å². The molecule has 0 aliphatic carbocycles. The van der Waals surface area contributed by atoms with Crippen LogP contribution in [0.2, 0.25) is 0 Å². The first-order valence-corrected chi connectivity index (χ1v) is 13.2. The van der Waals surface area contributed by atoms with Crippen molar-refractivity contribution in [2.75, 3.05) is 12.4 Å². The molecule has 2 amide bonds. The third-order valence-electron chi connectivity index (χ3n) is 4.31. The molecule has 0 bridgehead atoms. The number of hydrogen-bond acceptors (Lipinski definition) is 10. The standard InChI is InChI=1S/C20H25N5O6S2.C2H6/c1-13(11-15(21)12-14-4-6-16(26)7-5-14)18(27)23-24-20(28)31-9-10-32-33-19-17(25(29)30)3-2-8-22-19;1-2/h2-8,13,15,26H,9-12,21H2,1H3,(H,23,27)(H,24,28);1-2H3/t13?,15-;/m1./s1. The maximum absolute atomic E-state index is 12.2. The molecule has 0 spiro atoms. The summed E-state index contributed by atoms with van der Waals surface area (Å²) in [5.74, 6) is -0.311. The van der Waals surface area contributed by atoms with Crippen molar-refractivity contribution in [3.05, 3.63) is 58.3 Å². The fraction of sp³-hybridized carbons (Fsp3) is 0.409. The van der Waals surface area contributed by atoms with E-state index >= 15 is 0 Å². The summed E-state index contributed by atoms with van der Waals surface area (Å²) < 4.78 is 4.96. The van der Waals surface area contributed by atoms with Gasteiger partial charge < -0.3 is 15.6 Å². The zero-order valence-corrected chi connectivity index (χ0v) is 21.4. The number of nitrogens with one attached hydrogen (secondary N) is 2. The zero-order valence-electron chi connectivity index (χ0n) is 19.8. The fourth-order valence-electron chi connectivity index (χ4n) is 2.70. The van der Waals surface area contributed by atoms with Crippen molar-refractivity contribution in [3.8, 4) is 5.75 Å². The van der Waals surface area contributed by atoms with Gasteiger partial charge in [0, 0.05) is 30.0 Å². The average molecular weight is 526 g/mol. The van der Waals surface area contributed by atoms with Crippen molar-refractivity contribution in [2.45, 2.75) is 44.7 Å². The molecule has 0 saturated carbocycles. The van der Waals surface area contributed by atoms with E-state index in [0.717, 1.165) is 16.4 Å². The number of hydrazine groups is 1. The lowest BCUT2D eigenvalue weighted by Crippen LogP contribution is -2.45. The number of benzene rings is 1. The van der Waals surface area contributed by atoms with Crippen LogP contribution in [0, 0.1) is 16.0 Å². The molecule has 192 valence electrons. The first-order valence-electron chi connectivity index (χ1n) is 10.9. The van der Waals surface area contributed by atoms with Gasteiger partial charge in [-0.2, -0.15) is 0 Å². The van der Waals surface area contributed by atoms with Crippen LogP contribution >= 0.6 is 21.6 Å². The van der Waals surface area contributed by atoms with E-state index in [1.54, 1.807) is 31.2 Å². The summed E-state index contributed by atoms with van der Waals surface area (Å²) >= 11 is 0. The highest BCUT2D eigenvalue weighted by Gasteiger charge is 2.18. The number of hydrogen-bond donors (Lipinski definition) is 4. The zero-order chi connectivity index (χ0) is 26.2. The van der Waals surface area contributed by atoms with Crippen LogP contribution in [0.4, 0.5) is 10.5 Å². The van der Waals surface area contributed by atoms with Crippen molar-refractivity contribution in [3.63, 3.8) is 0 Å². The highest BCUT2D eigenvalue weighted by Crippen LogP contribution is 2.35. The number of nitrogens with two attached hydrogens (primary N) is 1. The van der Waals surface area contributed by atoms with Gasteiger partial charge in [0.05, 0.1) is 4.92 Å². The number of carbonyl (C=O) groups is 2. The molecule has 1 unspecified atom stereocenters. The molecule has 0 aliphatic heterocycles. The Morgan fingerprint density at radius 2 is 1.91 bits per heavy atom. The summed E-state index contributed by atoms with van der Waals surface area (Å²) in [6, 6.07) is 9.27. The van der Waals surface area contributed by atoms with Crippen LogP contribution in [0.3, 0.4) is 0 Å². The van der Waals surface area contributed by atoms with Crippen molar-refractivity contribution >= 4 is 39.3 Å². The number of nitrogens with zero attached hydrogens (tertiary/aromatic N) is 2. The minimum atomic E-state index is -0.821. The van der Waals surface area contributed by atoms with Crippen molar-refractivity contribution in [1.82, 2.24) is 15.8 Å². The van der Waals surface area contributed by atoms with E-state index in [-0.39, 0.29) is 29.1 Å². The highest BCUT2D eigenvalue weighted by molar-refractivity contribution is 8.76. The van der Waals surface area contributed by atoms with Crippen molar-refractivity contribution in [1.29, 1.82) is 0 Å². The molecule has 0 aliphatic rings. The molecule has 13 heteroatoms. The summed E-state index contributed by atoms with van der Waals surface area (Å²) in [6.45, 7) is 5.73. The predicted octanol–water partition coefficient (Wildman–Crippen LogP) is 3.82. The van der Waals surface area contributed by atoms with Crippen LogP contribution in [-0.4, -0.2) is 45.4 Å². The van der Waals surface area contributed by atoms with Gasteiger partial charge in [-0.1, -0.05) is 43.7 Å². The number of nitro groups is 1. The Labute approximate surface area is 212 Å². The Morgan fingerprint density at radius 1 is 1.23 bits per heavy atom. The van der Waals surface area contributed by atoms with Crippen LogP contribution in [0.25, 0.3) is 0 Å². The van der Waals surface area contributed by atoms with E-state index in [0.29, 0.717) is 18.6 Å². The molecule has 2 atom stereocenters. The second kappa shape index (κ2) is 16.6. The Morgan fingerprint density at radius 3 is 2.57 bits per heavy atom. The maximum Gasteiger partial charge on any atom is 0.426 e. The van der Waals surface area contributed by atoms with Crippen LogP contribution in [-0.2, 0) is 16.0 Å². The molecule has 0 radical (unpaired) electrons. The second-order valence-corrected chi connectivity index (χ2v) is 9.41. The van der Waals surface area contributed by atoms with E-state index in [1.807, 2.05) is 13.8 Å². The number of aromatic nitrogens is 1. The van der Waals surface area contributed by atoms with Crippen LogP contribution < -0.4 is 16.6 Å². The summed E-state index contributed by atoms with van der Waals surface area (Å²) in [6.07, 6.45) is 1.59. The molecule has 0 saturated heterocycles. The molecule has 0 fully saturated rings. The van der Waals surface area contributed by atoms with E-state index in [2.05, 4.69) is 15.8 Å². The van der Waals surface area contributed by atoms with E-state index in [9.17, 15) is 24.8 Å². The van der Waals surface area contributed by atoms with Gasteiger partial charge >= 0.3 is 11.8 Å². The molecule has 2 rings (SSSR count). The number of ether oxygens (including phenoxy) is 1. The Balaban J connectivity index is 0.00000298. The summed E-state index contributed by atoms with van der Waals surface area (Å²) in [4.78, 5) is 38.3. The van der Waals surface area contributed by atoms with Crippen LogP contribution in [0.15, 0.2) is 47.6 Å². The van der Waals surface area contributed by atoms with Crippen molar-refractivity contribution < 1.29 is 24.4 Å². The van der Waals surface area contributed by atoms with E-state index in [1.165, 1.54) is 29.1 Å². The molecule has 1 aromatic carbocycles. The lowest BCUT2D eigenvalue weighted by atomic mass is 9.96. The first kappa shape index (κ1) is 30.0. The number of phenolic OH excluding ortho intramolecular Hbond substituents is 1. The minimum absolute atomic E-state index is 0.0348. The van der Waals surface area contributed by atoms with Gasteiger partial charge in [-0.15, -0.1) is 0 Å². The molecule has 1 heterocycles. The van der Waals surface area contributed by atoms with E-state index in [4.69, 9.17) is 10.5 Å². The number of carbonyl (C=O) groups excluding carboxylic acids is 2. The predicted molar refractivity (Wildman–Crippen MR) is 137 cm³/mol. The minimum Gasteiger partial charge on any atom is -0.508 e. The Hall–Kier alpha value is -3.03. The monoisotopic (exact) mass is 525 g/mol. The SMILES string of the molecule is CC.CC(C[C@@H](N)Cc1ccc(O)cc1)C(=O)NNC(=O)OCCSSc1ncccc1[N+](=O)[O-]. The van der Waals surface area contributed by atoms with Crippen LogP contribution in [0.5, 0.6) is 5.75 Å².